The topological polar surface area (TPSA) is 61.8 Å². The van der Waals surface area contributed by atoms with Crippen LogP contribution in [0.4, 0.5) is 0 Å². The van der Waals surface area contributed by atoms with Crippen LogP contribution in [0.3, 0.4) is 0 Å². The number of carbonyl (C=O) groups excluding carboxylic acids is 2. The highest BCUT2D eigenvalue weighted by Crippen LogP contribution is 2.62. The first-order valence-corrected chi connectivity index (χ1v) is 13.5. The van der Waals surface area contributed by atoms with Gasteiger partial charge < -0.3 is 13.9 Å². The molecule has 2 bridgehead atoms. The van der Waals surface area contributed by atoms with E-state index in [-0.39, 0.29) is 29.7 Å². The number of hydrogen-bond acceptors (Lipinski definition) is 5. The lowest BCUT2D eigenvalue weighted by molar-refractivity contribution is -0.143. The van der Waals surface area contributed by atoms with Gasteiger partial charge in [0.2, 0.25) is 8.32 Å². The zero-order chi connectivity index (χ0) is 22.4. The first-order valence-electron chi connectivity index (χ1n) is 11.4. The Hall–Kier alpha value is -1.40. The van der Waals surface area contributed by atoms with E-state index in [1.165, 1.54) is 14.2 Å². The van der Waals surface area contributed by atoms with Gasteiger partial charge in [-0.05, 0) is 29.5 Å². The smallest absolute Gasteiger partial charge is 0.336 e. The molecule has 0 aromatic rings. The van der Waals surface area contributed by atoms with Crippen molar-refractivity contribution in [2.24, 2.45) is 17.8 Å². The van der Waals surface area contributed by atoms with Crippen molar-refractivity contribution in [2.45, 2.75) is 83.0 Å². The first-order chi connectivity index (χ1) is 14.1. The lowest BCUT2D eigenvalue weighted by atomic mass is 9.55. The molecule has 0 amide bonds. The third-order valence-electron chi connectivity index (χ3n) is 7.94. The van der Waals surface area contributed by atoms with Crippen molar-refractivity contribution in [3.8, 4) is 0 Å². The van der Waals surface area contributed by atoms with Crippen LogP contribution in [-0.4, -0.2) is 40.1 Å². The van der Waals surface area contributed by atoms with Crippen LogP contribution in [-0.2, 0) is 23.5 Å². The van der Waals surface area contributed by atoms with Crippen LogP contribution >= 0.6 is 0 Å². The predicted octanol–water partition coefficient (Wildman–Crippen LogP) is 5.18. The second kappa shape index (κ2) is 8.27. The van der Waals surface area contributed by atoms with Gasteiger partial charge in [0.25, 0.3) is 0 Å². The Balaban J connectivity index is 2.19. The van der Waals surface area contributed by atoms with Gasteiger partial charge in [0.05, 0.1) is 19.8 Å². The highest BCUT2D eigenvalue weighted by Gasteiger charge is 2.66. The zero-order valence-electron chi connectivity index (χ0n) is 19.8. The number of fused-ring (bicyclic) bond motifs is 2. The molecule has 1 saturated carbocycles. The molecule has 0 aromatic carbocycles. The number of methoxy groups -OCH3 is 2. The van der Waals surface area contributed by atoms with E-state index in [0.717, 1.165) is 24.8 Å². The largest absolute Gasteiger partial charge is 0.466 e. The Morgan fingerprint density at radius 2 is 1.50 bits per heavy atom. The van der Waals surface area contributed by atoms with Crippen molar-refractivity contribution in [1.82, 2.24) is 0 Å². The van der Waals surface area contributed by atoms with Crippen molar-refractivity contribution in [3.63, 3.8) is 0 Å². The number of esters is 2. The molecule has 0 saturated heterocycles. The maximum Gasteiger partial charge on any atom is 0.336 e. The van der Waals surface area contributed by atoms with Crippen LogP contribution in [0.2, 0.25) is 16.6 Å². The number of rotatable bonds is 7. The maximum atomic E-state index is 12.8. The minimum absolute atomic E-state index is 0.0151. The number of carbonyl (C=O) groups is 2. The van der Waals surface area contributed by atoms with Crippen molar-refractivity contribution in [1.29, 1.82) is 0 Å². The second-order valence-corrected chi connectivity index (χ2v) is 15.4. The Labute approximate surface area is 182 Å². The normalized spacial score (nSPS) is 30.4. The van der Waals surface area contributed by atoms with Crippen LogP contribution < -0.4 is 0 Å². The van der Waals surface area contributed by atoms with Crippen LogP contribution in [0, 0.1) is 17.8 Å². The average Bonchev–Trinajstić information content (AvgIpc) is 2.94. The summed E-state index contributed by atoms with van der Waals surface area (Å²) in [5.41, 5.74) is 1.94. The zero-order valence-corrected chi connectivity index (χ0v) is 20.8. The van der Waals surface area contributed by atoms with Gasteiger partial charge in [-0.2, -0.15) is 0 Å². The number of ether oxygens (including phenoxy) is 2. The molecule has 5 nitrogen and oxygen atoms in total. The molecule has 0 aliphatic heterocycles. The summed E-state index contributed by atoms with van der Waals surface area (Å²) in [7, 11) is 0.588. The molecule has 0 radical (unpaired) electrons. The summed E-state index contributed by atoms with van der Waals surface area (Å²) in [6.07, 6.45) is 6.91. The molecule has 168 valence electrons. The van der Waals surface area contributed by atoms with Gasteiger partial charge in [-0.3, -0.25) is 0 Å². The summed E-state index contributed by atoms with van der Waals surface area (Å²) in [5, 5.41) is 0. The summed E-state index contributed by atoms with van der Waals surface area (Å²) in [5.74, 6) is -0.520. The lowest BCUT2D eigenvalue weighted by Gasteiger charge is -2.60. The van der Waals surface area contributed by atoms with Gasteiger partial charge in [0.15, 0.2) is 0 Å². The molecular formula is C24H38O5Si. The van der Waals surface area contributed by atoms with Crippen molar-refractivity contribution in [3.05, 3.63) is 23.3 Å². The molecular weight excluding hydrogens is 396 g/mol. The van der Waals surface area contributed by atoms with Gasteiger partial charge in [0, 0.05) is 23.3 Å². The standard InChI is InChI=1S/C24H38O5Si/c1-14(2)30(15(3)4,16(5)6)29-24-17-10-9-11-18(19(12-17)22(25)27-7)20(24)13-21(24)23(26)28-8/h12-18,20H,9-11H2,1-8H3/t17-,18+,20-,24-/m0/s1. The second-order valence-electron chi connectivity index (χ2n) is 10.1. The fraction of sp³-hybridized carbons (Fsp3) is 0.750. The molecule has 0 N–H and O–H groups in total. The van der Waals surface area contributed by atoms with Gasteiger partial charge in [-0.25, -0.2) is 9.59 Å². The van der Waals surface area contributed by atoms with E-state index < -0.39 is 13.9 Å². The Morgan fingerprint density at radius 3 is 2.00 bits per heavy atom. The fourth-order valence-corrected chi connectivity index (χ4v) is 12.4. The van der Waals surface area contributed by atoms with E-state index >= 15 is 0 Å². The first kappa shape index (κ1) is 23.3. The molecule has 4 rings (SSSR count). The molecule has 0 unspecified atom stereocenters. The molecule has 0 aromatic heterocycles. The summed E-state index contributed by atoms with van der Waals surface area (Å²) in [4.78, 5) is 25.4. The van der Waals surface area contributed by atoms with Crippen molar-refractivity contribution in [2.75, 3.05) is 14.2 Å². The van der Waals surface area contributed by atoms with Crippen LogP contribution in [0.25, 0.3) is 0 Å². The molecule has 1 fully saturated rings. The SMILES string of the molecule is COC(=O)C1=C[C@@H]2CCC[C@H]1[C@@H]1C=C(C(=O)OC)[C@]21O[Si](C(C)C)(C(C)C)C(C)C. The molecule has 30 heavy (non-hydrogen) atoms. The van der Waals surface area contributed by atoms with Gasteiger partial charge in [-0.1, -0.05) is 60.1 Å². The predicted molar refractivity (Wildman–Crippen MR) is 119 cm³/mol. The minimum atomic E-state index is -2.29. The third-order valence-corrected chi connectivity index (χ3v) is 14.0. The average molecular weight is 435 g/mol. The van der Waals surface area contributed by atoms with E-state index in [2.05, 4.69) is 47.6 Å². The Bertz CT molecular complexity index is 744. The Morgan fingerprint density at radius 1 is 0.933 bits per heavy atom. The van der Waals surface area contributed by atoms with E-state index in [9.17, 15) is 9.59 Å². The third kappa shape index (κ3) is 3.13. The van der Waals surface area contributed by atoms with Gasteiger partial charge >= 0.3 is 11.9 Å². The van der Waals surface area contributed by atoms with Crippen LogP contribution in [0.5, 0.6) is 0 Å². The number of hydrogen-bond donors (Lipinski definition) is 0. The molecule has 6 heteroatoms. The van der Waals surface area contributed by atoms with Gasteiger partial charge in [-0.15, -0.1) is 0 Å². The summed E-state index contributed by atoms with van der Waals surface area (Å²) < 4.78 is 17.7. The fourth-order valence-electron chi connectivity index (χ4n) is 6.75. The lowest BCUT2D eigenvalue weighted by Crippen LogP contribution is -2.66. The minimum Gasteiger partial charge on any atom is -0.466 e. The van der Waals surface area contributed by atoms with Crippen molar-refractivity contribution < 1.29 is 23.5 Å². The van der Waals surface area contributed by atoms with Gasteiger partial charge in [0.1, 0.15) is 5.60 Å². The summed E-state index contributed by atoms with van der Waals surface area (Å²) >= 11 is 0. The highest BCUT2D eigenvalue weighted by atomic mass is 28.4. The maximum absolute atomic E-state index is 12.8. The van der Waals surface area contributed by atoms with E-state index in [1.807, 2.05) is 6.08 Å². The summed E-state index contributed by atoms with van der Waals surface area (Å²) in [6.45, 7) is 13.6. The quantitative estimate of drug-likeness (QED) is 0.408. The van der Waals surface area contributed by atoms with E-state index in [1.54, 1.807) is 0 Å². The molecule has 4 atom stereocenters. The Kier molecular flexibility index (Phi) is 6.41. The van der Waals surface area contributed by atoms with E-state index in [0.29, 0.717) is 22.2 Å². The molecule has 0 heterocycles. The summed E-state index contributed by atoms with van der Waals surface area (Å²) in [6, 6.07) is 0. The molecule has 0 spiro atoms. The monoisotopic (exact) mass is 434 g/mol. The molecule has 4 aliphatic rings. The molecule has 4 aliphatic carbocycles. The highest BCUT2D eigenvalue weighted by molar-refractivity contribution is 6.77. The van der Waals surface area contributed by atoms with Crippen LogP contribution in [0.15, 0.2) is 23.3 Å². The van der Waals surface area contributed by atoms with E-state index in [4.69, 9.17) is 13.9 Å². The van der Waals surface area contributed by atoms with Crippen molar-refractivity contribution >= 4 is 20.3 Å². The van der Waals surface area contributed by atoms with Crippen LogP contribution in [0.1, 0.15) is 60.8 Å².